The van der Waals surface area contributed by atoms with Crippen LogP contribution in [0.1, 0.15) is 37.4 Å². The van der Waals surface area contributed by atoms with Gasteiger partial charge in [-0.15, -0.1) is 0 Å². The Balaban J connectivity index is 1.78. The maximum atomic E-state index is 13.1. The van der Waals surface area contributed by atoms with Crippen molar-refractivity contribution in [2.45, 2.75) is 43.6 Å². The Kier molecular flexibility index (Phi) is 2.45. The van der Waals surface area contributed by atoms with Crippen molar-refractivity contribution in [3.63, 3.8) is 0 Å². The molecule has 1 saturated carbocycles. The Hall–Kier alpha value is -0.600. The number of alkyl halides is 1. The summed E-state index contributed by atoms with van der Waals surface area (Å²) in [6, 6.07) is 7.77. The maximum Gasteiger partial charge on any atom is 0.114 e. The molecule has 1 aromatic carbocycles. The van der Waals surface area contributed by atoms with E-state index in [1.54, 1.807) is 0 Å². The molecule has 2 aliphatic rings. The molecule has 1 aromatic rings. The van der Waals surface area contributed by atoms with Crippen LogP contribution < -0.4 is 0 Å². The molecule has 0 unspecified atom stereocenters. The fraction of sp³-hybridized carbons (Fsp3) is 0.538. The first-order valence-electron chi connectivity index (χ1n) is 5.78. The van der Waals surface area contributed by atoms with Crippen LogP contribution in [-0.4, -0.2) is 11.8 Å². The van der Waals surface area contributed by atoms with Gasteiger partial charge in [0.05, 0.1) is 5.60 Å². The predicted octanol–water partition coefficient (Wildman–Crippen LogP) is 4.06. The summed E-state index contributed by atoms with van der Waals surface area (Å²) >= 11 is 6.14. The summed E-state index contributed by atoms with van der Waals surface area (Å²) in [6.45, 7) is 0. The van der Waals surface area contributed by atoms with Crippen LogP contribution in [0, 0.1) is 0 Å². The van der Waals surface area contributed by atoms with Gasteiger partial charge in [0, 0.05) is 10.6 Å². The lowest BCUT2D eigenvalue weighted by Gasteiger charge is -2.21. The van der Waals surface area contributed by atoms with Gasteiger partial charge in [0.2, 0.25) is 0 Å². The molecule has 1 aliphatic carbocycles. The highest BCUT2D eigenvalue weighted by atomic mass is 35.5. The van der Waals surface area contributed by atoms with E-state index >= 15 is 0 Å². The second-order valence-electron chi connectivity index (χ2n) is 4.76. The zero-order chi connectivity index (χ0) is 11.2. The normalized spacial score (nSPS) is 37.6. The van der Waals surface area contributed by atoms with Gasteiger partial charge in [-0.2, -0.15) is 0 Å². The first kappa shape index (κ1) is 10.5. The zero-order valence-corrected chi connectivity index (χ0v) is 9.71. The van der Waals surface area contributed by atoms with E-state index in [1.165, 1.54) is 0 Å². The van der Waals surface area contributed by atoms with Crippen molar-refractivity contribution in [3.8, 4) is 0 Å². The molecule has 86 valence electrons. The second kappa shape index (κ2) is 3.71. The highest BCUT2D eigenvalue weighted by Crippen LogP contribution is 2.58. The Morgan fingerprint density at radius 1 is 1.25 bits per heavy atom. The standard InChI is InChI=1S/C13H14ClFO/c14-11-4-2-1-3-10(11)12-13(16-12)7-5-9(15)6-8-13/h1-4,9,12H,5-8H2/t9-,12-,13-/m0/s1. The van der Waals surface area contributed by atoms with Crippen molar-refractivity contribution in [3.05, 3.63) is 34.9 Å². The van der Waals surface area contributed by atoms with Gasteiger partial charge < -0.3 is 4.74 Å². The van der Waals surface area contributed by atoms with Gasteiger partial charge in [-0.25, -0.2) is 4.39 Å². The molecular weight excluding hydrogens is 227 g/mol. The van der Waals surface area contributed by atoms with Crippen LogP contribution in [0.25, 0.3) is 0 Å². The summed E-state index contributed by atoms with van der Waals surface area (Å²) < 4.78 is 18.9. The fourth-order valence-corrected chi connectivity index (χ4v) is 2.92. The SMILES string of the molecule is F[C@H]1CC[C@@]2(CC1)O[C@H]2c1ccccc1Cl. The minimum atomic E-state index is -0.637. The van der Waals surface area contributed by atoms with Crippen LogP contribution >= 0.6 is 11.6 Å². The van der Waals surface area contributed by atoms with Gasteiger partial charge in [0.1, 0.15) is 12.3 Å². The molecule has 1 spiro atoms. The third-order valence-corrected chi connectivity index (χ3v) is 4.07. The van der Waals surface area contributed by atoms with E-state index in [9.17, 15) is 4.39 Å². The summed E-state index contributed by atoms with van der Waals surface area (Å²) in [7, 11) is 0. The topological polar surface area (TPSA) is 12.5 Å². The molecule has 0 radical (unpaired) electrons. The largest absolute Gasteiger partial charge is 0.361 e. The average molecular weight is 241 g/mol. The van der Waals surface area contributed by atoms with Gasteiger partial charge in [-0.3, -0.25) is 0 Å². The van der Waals surface area contributed by atoms with Crippen molar-refractivity contribution >= 4 is 11.6 Å². The van der Waals surface area contributed by atoms with E-state index < -0.39 is 6.17 Å². The molecular formula is C13H14ClFO. The molecule has 0 aromatic heterocycles. The number of hydrogen-bond donors (Lipinski definition) is 0. The van der Waals surface area contributed by atoms with Crippen LogP contribution in [0.3, 0.4) is 0 Å². The Labute approximate surface area is 99.6 Å². The number of rotatable bonds is 1. The molecule has 0 bridgehead atoms. The third-order valence-electron chi connectivity index (χ3n) is 3.72. The highest BCUT2D eigenvalue weighted by molar-refractivity contribution is 6.31. The number of ether oxygens (including phenoxy) is 1. The van der Waals surface area contributed by atoms with Crippen molar-refractivity contribution in [1.29, 1.82) is 0 Å². The van der Waals surface area contributed by atoms with Crippen LogP contribution in [0.4, 0.5) is 4.39 Å². The Morgan fingerprint density at radius 3 is 2.62 bits per heavy atom. The Morgan fingerprint density at radius 2 is 1.94 bits per heavy atom. The van der Waals surface area contributed by atoms with Gasteiger partial charge >= 0.3 is 0 Å². The minimum absolute atomic E-state index is 0.0914. The first-order chi connectivity index (χ1) is 7.71. The molecule has 1 saturated heterocycles. The molecule has 1 nitrogen and oxygen atoms in total. The van der Waals surface area contributed by atoms with Gasteiger partial charge in [-0.05, 0) is 31.7 Å². The molecule has 1 heterocycles. The third kappa shape index (κ3) is 1.64. The average Bonchev–Trinajstić information content (AvgIpc) is 2.98. The quantitative estimate of drug-likeness (QED) is 0.675. The van der Waals surface area contributed by atoms with Crippen molar-refractivity contribution < 1.29 is 9.13 Å². The summed E-state index contributed by atoms with van der Waals surface area (Å²) in [6.07, 6.45) is 2.35. The smallest absolute Gasteiger partial charge is 0.114 e. The lowest BCUT2D eigenvalue weighted by Crippen LogP contribution is -2.22. The van der Waals surface area contributed by atoms with Crippen LogP contribution in [0.2, 0.25) is 5.02 Å². The predicted molar refractivity (Wildman–Crippen MR) is 61.4 cm³/mol. The summed E-state index contributed by atoms with van der Waals surface area (Å²) in [4.78, 5) is 0. The molecule has 1 atom stereocenters. The number of benzene rings is 1. The highest BCUT2D eigenvalue weighted by Gasteiger charge is 2.58. The number of halogens is 2. The molecule has 2 fully saturated rings. The van der Waals surface area contributed by atoms with Crippen LogP contribution in [0.15, 0.2) is 24.3 Å². The van der Waals surface area contributed by atoms with Crippen molar-refractivity contribution in [2.75, 3.05) is 0 Å². The van der Waals surface area contributed by atoms with E-state index in [4.69, 9.17) is 16.3 Å². The van der Waals surface area contributed by atoms with E-state index in [0.717, 1.165) is 23.4 Å². The van der Waals surface area contributed by atoms with E-state index in [2.05, 4.69) is 0 Å². The Bertz CT molecular complexity index is 399. The lowest BCUT2D eigenvalue weighted by atomic mass is 9.83. The van der Waals surface area contributed by atoms with E-state index in [1.807, 2.05) is 24.3 Å². The molecule has 3 rings (SSSR count). The monoisotopic (exact) mass is 240 g/mol. The van der Waals surface area contributed by atoms with E-state index in [-0.39, 0.29) is 11.7 Å². The molecule has 3 heteroatoms. The molecule has 0 amide bonds. The van der Waals surface area contributed by atoms with Gasteiger partial charge in [-0.1, -0.05) is 29.8 Å². The fourth-order valence-electron chi connectivity index (χ4n) is 2.69. The second-order valence-corrected chi connectivity index (χ2v) is 5.17. The lowest BCUT2D eigenvalue weighted by molar-refractivity contribution is 0.164. The van der Waals surface area contributed by atoms with Crippen molar-refractivity contribution in [2.24, 2.45) is 0 Å². The summed E-state index contributed by atoms with van der Waals surface area (Å²) in [5.41, 5.74) is 0.953. The minimum Gasteiger partial charge on any atom is -0.361 e. The molecule has 0 N–H and O–H groups in total. The maximum absolute atomic E-state index is 13.1. The number of epoxide rings is 1. The van der Waals surface area contributed by atoms with Crippen molar-refractivity contribution in [1.82, 2.24) is 0 Å². The zero-order valence-electron chi connectivity index (χ0n) is 8.96. The van der Waals surface area contributed by atoms with Crippen LogP contribution in [0.5, 0.6) is 0 Å². The molecule has 1 aliphatic heterocycles. The van der Waals surface area contributed by atoms with Gasteiger partial charge in [0.25, 0.3) is 0 Å². The first-order valence-corrected chi connectivity index (χ1v) is 6.15. The number of hydrogen-bond acceptors (Lipinski definition) is 1. The van der Waals surface area contributed by atoms with Crippen LogP contribution in [-0.2, 0) is 4.74 Å². The summed E-state index contributed by atoms with van der Waals surface area (Å²) in [5.74, 6) is 0. The van der Waals surface area contributed by atoms with Gasteiger partial charge in [0.15, 0.2) is 0 Å². The molecule has 16 heavy (non-hydrogen) atoms. The summed E-state index contributed by atoms with van der Waals surface area (Å²) in [5, 5.41) is 0.756. The van der Waals surface area contributed by atoms with E-state index in [0.29, 0.717) is 12.8 Å².